The molecular formula is C64H117N2O7P. The Labute approximate surface area is 457 Å². The number of amides is 1. The molecule has 0 bridgehead atoms. The standard InChI is InChI=1S/C64H117N2O7P/c1-7-10-13-16-19-22-25-28-29-30-31-32-33-34-35-36-37-39-42-45-48-51-54-57-64(68)73-62(55-52-49-46-43-40-27-24-21-18-15-12-9-3)61(60-72-74(69,70)71-59-58-66(4,5)6)65-63(67)56-53-50-47-44-41-38-26-23-20-17-14-11-8-2/h19,22,28-29,31-32,38,41,47,50,52,55,61-62H,7-18,20-21,23-27,30,33-37,39-40,42-46,48-49,51,53-54,56-60H2,1-6H3,(H-,65,67,69,70)/b22-19-,29-28-,32-31-,41-38-,50-47+,55-52-. The van der Waals surface area contributed by atoms with Gasteiger partial charge in [0, 0.05) is 12.8 Å². The molecular weight excluding hydrogens is 940 g/mol. The van der Waals surface area contributed by atoms with E-state index in [4.69, 9.17) is 13.8 Å². The van der Waals surface area contributed by atoms with Gasteiger partial charge in [-0.1, -0.05) is 242 Å². The van der Waals surface area contributed by atoms with Crippen LogP contribution in [0.2, 0.25) is 0 Å². The lowest BCUT2D eigenvalue weighted by atomic mass is 10.0. The average molecular weight is 1060 g/mol. The van der Waals surface area contributed by atoms with Crippen molar-refractivity contribution in [2.75, 3.05) is 40.9 Å². The number of allylic oxidation sites excluding steroid dienone is 11. The fourth-order valence-corrected chi connectivity index (χ4v) is 9.30. The molecule has 1 amide bonds. The van der Waals surface area contributed by atoms with E-state index < -0.39 is 26.6 Å². The number of likely N-dealkylation sites (N-methyl/N-ethyl adjacent to an activating group) is 1. The first-order chi connectivity index (χ1) is 35.9. The number of hydrogen-bond donors (Lipinski definition) is 1. The molecule has 74 heavy (non-hydrogen) atoms. The minimum atomic E-state index is -4.71. The topological polar surface area (TPSA) is 114 Å². The highest BCUT2D eigenvalue weighted by Crippen LogP contribution is 2.38. The van der Waals surface area contributed by atoms with Gasteiger partial charge in [0.05, 0.1) is 33.8 Å². The third kappa shape index (κ3) is 54.2. The summed E-state index contributed by atoms with van der Waals surface area (Å²) >= 11 is 0. The highest BCUT2D eigenvalue weighted by Gasteiger charge is 2.27. The summed E-state index contributed by atoms with van der Waals surface area (Å²) in [5, 5.41) is 2.98. The smallest absolute Gasteiger partial charge is 0.306 e. The minimum Gasteiger partial charge on any atom is -0.756 e. The Kier molecular flexibility index (Phi) is 52.0. The quantitative estimate of drug-likeness (QED) is 0.0212. The number of quaternary nitrogens is 1. The molecule has 0 heterocycles. The zero-order valence-corrected chi connectivity index (χ0v) is 49.9. The van der Waals surface area contributed by atoms with Crippen LogP contribution < -0.4 is 10.2 Å². The molecule has 0 aliphatic carbocycles. The molecule has 0 fully saturated rings. The van der Waals surface area contributed by atoms with Gasteiger partial charge in [0.2, 0.25) is 5.91 Å². The number of phosphoric acid groups is 1. The van der Waals surface area contributed by atoms with Gasteiger partial charge in [0.25, 0.3) is 7.82 Å². The van der Waals surface area contributed by atoms with Crippen LogP contribution in [0, 0.1) is 0 Å². The Balaban J connectivity index is 5.24. The largest absolute Gasteiger partial charge is 0.756 e. The summed E-state index contributed by atoms with van der Waals surface area (Å²) in [7, 11) is 1.15. The summed E-state index contributed by atoms with van der Waals surface area (Å²) in [6.45, 7) is 6.76. The fraction of sp³-hybridized carbons (Fsp3) is 0.781. The summed E-state index contributed by atoms with van der Waals surface area (Å²) in [4.78, 5) is 39.9. The van der Waals surface area contributed by atoms with Crippen LogP contribution in [0.5, 0.6) is 0 Å². The average Bonchev–Trinajstić information content (AvgIpc) is 3.36. The van der Waals surface area contributed by atoms with Gasteiger partial charge in [-0.05, 0) is 89.5 Å². The molecule has 3 unspecified atom stereocenters. The molecule has 10 heteroatoms. The Morgan fingerprint density at radius 3 is 1.28 bits per heavy atom. The number of nitrogens with zero attached hydrogens (tertiary/aromatic N) is 1. The van der Waals surface area contributed by atoms with Crippen LogP contribution in [0.25, 0.3) is 0 Å². The molecule has 0 saturated heterocycles. The van der Waals surface area contributed by atoms with E-state index in [0.29, 0.717) is 17.4 Å². The third-order valence-corrected chi connectivity index (χ3v) is 14.3. The number of ether oxygens (including phenoxy) is 1. The molecule has 0 aromatic rings. The van der Waals surface area contributed by atoms with Crippen LogP contribution in [0.15, 0.2) is 72.9 Å². The molecule has 0 aliphatic heterocycles. The van der Waals surface area contributed by atoms with Crippen molar-refractivity contribution in [1.82, 2.24) is 5.32 Å². The Hall–Kier alpha value is -2.55. The SMILES string of the molecule is CCCCC/C=C\C/C=C\C/C=C\CCCCCCCCCCCCC(=O)OC(/C=C\CCCCCCCCCCCC)C(COP(=O)([O-])OCC[N+](C)(C)C)NC(=O)CC/C=C/C/C=C\CCCCCCCC. The maximum Gasteiger partial charge on any atom is 0.306 e. The number of rotatable bonds is 55. The van der Waals surface area contributed by atoms with Gasteiger partial charge in [0.15, 0.2) is 0 Å². The van der Waals surface area contributed by atoms with E-state index in [0.717, 1.165) is 77.0 Å². The Bertz CT molecular complexity index is 1500. The van der Waals surface area contributed by atoms with E-state index in [2.05, 4.69) is 80.8 Å². The minimum absolute atomic E-state index is 0.0339. The lowest BCUT2D eigenvalue weighted by Crippen LogP contribution is -2.47. The second-order valence-electron chi connectivity index (χ2n) is 21.8. The van der Waals surface area contributed by atoms with Crippen molar-refractivity contribution in [3.8, 4) is 0 Å². The van der Waals surface area contributed by atoms with E-state index in [1.165, 1.54) is 154 Å². The summed E-state index contributed by atoms with van der Waals surface area (Å²) in [5.74, 6) is -0.622. The molecule has 0 aromatic carbocycles. The van der Waals surface area contributed by atoms with E-state index in [1.807, 2.05) is 39.4 Å². The lowest BCUT2D eigenvalue weighted by molar-refractivity contribution is -0.870. The van der Waals surface area contributed by atoms with Crippen molar-refractivity contribution in [3.63, 3.8) is 0 Å². The highest BCUT2D eigenvalue weighted by atomic mass is 31.2. The van der Waals surface area contributed by atoms with Gasteiger partial charge in [-0.3, -0.25) is 14.2 Å². The first-order valence-corrected chi connectivity index (χ1v) is 32.2. The van der Waals surface area contributed by atoms with Gasteiger partial charge in [0.1, 0.15) is 19.3 Å². The van der Waals surface area contributed by atoms with Gasteiger partial charge in [-0.15, -0.1) is 0 Å². The normalized spacial score (nSPS) is 14.2. The predicted octanol–water partition coefficient (Wildman–Crippen LogP) is 18.2. The second kappa shape index (κ2) is 53.8. The zero-order chi connectivity index (χ0) is 54.3. The van der Waals surface area contributed by atoms with Gasteiger partial charge < -0.3 is 28.5 Å². The third-order valence-electron chi connectivity index (χ3n) is 13.4. The molecule has 0 radical (unpaired) electrons. The maximum absolute atomic E-state index is 13.4. The number of esters is 1. The zero-order valence-electron chi connectivity index (χ0n) is 49.0. The van der Waals surface area contributed by atoms with Crippen molar-refractivity contribution >= 4 is 19.7 Å². The fourth-order valence-electron chi connectivity index (χ4n) is 8.58. The van der Waals surface area contributed by atoms with Crippen LogP contribution in [0.4, 0.5) is 0 Å². The molecule has 1 N–H and O–H groups in total. The molecule has 430 valence electrons. The maximum atomic E-state index is 13.4. The summed E-state index contributed by atoms with van der Waals surface area (Å²) in [6, 6.07) is -0.921. The Morgan fingerprint density at radius 2 is 0.838 bits per heavy atom. The number of nitrogens with one attached hydrogen (secondary N) is 1. The monoisotopic (exact) mass is 1060 g/mol. The molecule has 0 aliphatic rings. The molecule has 3 atom stereocenters. The lowest BCUT2D eigenvalue weighted by Gasteiger charge is -2.30. The Morgan fingerprint density at radius 1 is 0.473 bits per heavy atom. The first kappa shape index (κ1) is 71.5. The van der Waals surface area contributed by atoms with Gasteiger partial charge in [-0.2, -0.15) is 0 Å². The van der Waals surface area contributed by atoms with Crippen LogP contribution >= 0.6 is 7.82 Å². The van der Waals surface area contributed by atoms with Crippen LogP contribution in [-0.2, 0) is 27.9 Å². The van der Waals surface area contributed by atoms with Crippen molar-refractivity contribution in [3.05, 3.63) is 72.9 Å². The molecule has 0 saturated carbocycles. The molecule has 0 rings (SSSR count). The number of carbonyl (C=O) groups is 2. The molecule has 0 aromatic heterocycles. The van der Waals surface area contributed by atoms with E-state index in [1.54, 1.807) is 0 Å². The molecule has 9 nitrogen and oxygen atoms in total. The first-order valence-electron chi connectivity index (χ1n) is 30.7. The van der Waals surface area contributed by atoms with E-state index in [-0.39, 0.29) is 31.3 Å². The van der Waals surface area contributed by atoms with Crippen molar-refractivity contribution in [2.24, 2.45) is 0 Å². The summed E-state index contributed by atoms with van der Waals surface area (Å²) in [5.41, 5.74) is 0. The van der Waals surface area contributed by atoms with E-state index in [9.17, 15) is 19.0 Å². The highest BCUT2D eigenvalue weighted by molar-refractivity contribution is 7.45. The van der Waals surface area contributed by atoms with E-state index >= 15 is 0 Å². The van der Waals surface area contributed by atoms with Crippen LogP contribution in [-0.4, -0.2) is 69.4 Å². The second-order valence-corrected chi connectivity index (χ2v) is 23.3. The van der Waals surface area contributed by atoms with Gasteiger partial charge in [-0.25, -0.2) is 0 Å². The summed E-state index contributed by atoms with van der Waals surface area (Å²) < 4.78 is 30.2. The number of unbranched alkanes of at least 4 members (excludes halogenated alkanes) is 29. The van der Waals surface area contributed by atoms with Gasteiger partial charge >= 0.3 is 5.97 Å². The predicted molar refractivity (Wildman–Crippen MR) is 316 cm³/mol. The van der Waals surface area contributed by atoms with Crippen molar-refractivity contribution in [1.29, 1.82) is 0 Å². The van der Waals surface area contributed by atoms with Crippen molar-refractivity contribution in [2.45, 2.75) is 283 Å². The number of carbonyl (C=O) groups excluding carboxylic acids is 2. The van der Waals surface area contributed by atoms with Crippen LogP contribution in [0.1, 0.15) is 271 Å². The molecule has 0 spiro atoms. The van der Waals surface area contributed by atoms with Crippen LogP contribution in [0.3, 0.4) is 0 Å². The van der Waals surface area contributed by atoms with Crippen molar-refractivity contribution < 1.29 is 37.3 Å². The summed E-state index contributed by atoms with van der Waals surface area (Å²) in [6.07, 6.45) is 68.9. The number of hydrogen-bond acceptors (Lipinski definition) is 7. The number of phosphoric ester groups is 1.